The van der Waals surface area contributed by atoms with Gasteiger partial charge in [0, 0.05) is 5.92 Å². The van der Waals surface area contributed by atoms with Crippen LogP contribution in [-0.4, -0.2) is 19.6 Å². The van der Waals surface area contributed by atoms with E-state index in [1.165, 1.54) is 0 Å². The predicted octanol–water partition coefficient (Wildman–Crippen LogP) is 2.88. The molecule has 110 valence electrons. The Morgan fingerprint density at radius 3 is 2.48 bits per heavy atom. The van der Waals surface area contributed by atoms with E-state index in [0.717, 1.165) is 5.76 Å². The van der Waals surface area contributed by atoms with E-state index in [0.29, 0.717) is 12.8 Å². The Balaban J connectivity index is 2.03. The lowest BCUT2D eigenvalue weighted by Gasteiger charge is -2.24. The van der Waals surface area contributed by atoms with Gasteiger partial charge in [-0.25, -0.2) is 8.42 Å². The largest absolute Gasteiger partial charge is 0.469 e. The number of rotatable bonds is 3. The van der Waals surface area contributed by atoms with Crippen LogP contribution in [0, 0.1) is 0 Å². The van der Waals surface area contributed by atoms with E-state index in [9.17, 15) is 13.5 Å². The highest BCUT2D eigenvalue weighted by Gasteiger charge is 2.32. The third kappa shape index (κ3) is 2.66. The van der Waals surface area contributed by atoms with Gasteiger partial charge in [-0.15, -0.1) is 0 Å². The van der Waals surface area contributed by atoms with Gasteiger partial charge in [-0.05, 0) is 37.1 Å². The fraction of sp³-hybridized carbons (Fsp3) is 0.250. The molecule has 5 heteroatoms. The zero-order valence-corrected chi connectivity index (χ0v) is 12.2. The highest BCUT2D eigenvalue weighted by molar-refractivity contribution is 7.95. The molecule has 2 atom stereocenters. The maximum Gasteiger partial charge on any atom is 0.205 e. The average molecular weight is 304 g/mol. The Morgan fingerprint density at radius 1 is 1.05 bits per heavy atom. The topological polar surface area (TPSA) is 67.5 Å². The zero-order chi connectivity index (χ0) is 14.9. The van der Waals surface area contributed by atoms with Crippen molar-refractivity contribution in [3.8, 4) is 0 Å². The van der Waals surface area contributed by atoms with Crippen molar-refractivity contribution in [2.24, 2.45) is 0 Å². The third-order valence-corrected chi connectivity index (χ3v) is 5.64. The average Bonchev–Trinajstić information content (AvgIpc) is 3.03. The van der Waals surface area contributed by atoms with Gasteiger partial charge in [-0.1, -0.05) is 24.3 Å². The van der Waals surface area contributed by atoms with Crippen molar-refractivity contribution in [3.63, 3.8) is 0 Å². The lowest BCUT2D eigenvalue weighted by atomic mass is 9.92. The number of hydrogen-bond donors (Lipinski definition) is 1. The summed E-state index contributed by atoms with van der Waals surface area (Å²) < 4.78 is 30.7. The van der Waals surface area contributed by atoms with Crippen LogP contribution in [0.5, 0.6) is 0 Å². The molecule has 1 aliphatic carbocycles. The lowest BCUT2D eigenvalue weighted by Crippen LogP contribution is -2.24. The molecule has 21 heavy (non-hydrogen) atoms. The molecular formula is C16H16O4S. The predicted molar refractivity (Wildman–Crippen MR) is 78.4 cm³/mol. The molecule has 0 spiro atoms. The first-order valence-corrected chi connectivity index (χ1v) is 8.30. The van der Waals surface area contributed by atoms with E-state index in [2.05, 4.69) is 0 Å². The molecule has 1 aliphatic rings. The van der Waals surface area contributed by atoms with E-state index >= 15 is 0 Å². The summed E-state index contributed by atoms with van der Waals surface area (Å²) in [5.41, 5.74) is 0. The Bertz CT molecular complexity index is 730. The second kappa shape index (κ2) is 5.50. The molecule has 0 fully saturated rings. The van der Waals surface area contributed by atoms with Gasteiger partial charge in [0.25, 0.3) is 0 Å². The maximum absolute atomic E-state index is 12.7. The number of furan rings is 1. The number of sulfone groups is 1. The minimum atomic E-state index is -3.67. The summed E-state index contributed by atoms with van der Waals surface area (Å²) in [6, 6.07) is 11.8. The van der Waals surface area contributed by atoms with E-state index in [1.807, 2.05) is 6.07 Å². The van der Waals surface area contributed by atoms with Gasteiger partial charge >= 0.3 is 0 Å². The van der Waals surface area contributed by atoms with Crippen LogP contribution in [0.15, 0.2) is 69.0 Å². The van der Waals surface area contributed by atoms with Gasteiger partial charge in [0.1, 0.15) is 5.76 Å². The molecule has 0 saturated carbocycles. The van der Waals surface area contributed by atoms with Gasteiger partial charge in [-0.2, -0.15) is 0 Å². The molecular weight excluding hydrogens is 288 g/mol. The van der Waals surface area contributed by atoms with E-state index in [4.69, 9.17) is 4.42 Å². The van der Waals surface area contributed by atoms with E-state index in [1.54, 1.807) is 48.7 Å². The molecule has 1 heterocycles. The fourth-order valence-corrected chi connectivity index (χ4v) is 4.21. The zero-order valence-electron chi connectivity index (χ0n) is 11.3. The molecule has 1 N–H and O–H groups in total. The van der Waals surface area contributed by atoms with Crippen LogP contribution in [0.4, 0.5) is 0 Å². The molecule has 1 aromatic carbocycles. The number of benzene rings is 1. The maximum atomic E-state index is 12.7. The van der Waals surface area contributed by atoms with Gasteiger partial charge in [0.05, 0.1) is 22.2 Å². The molecule has 1 aromatic heterocycles. The van der Waals surface area contributed by atoms with Crippen molar-refractivity contribution in [2.75, 3.05) is 0 Å². The number of aliphatic hydroxyl groups excluding tert-OH is 1. The highest BCUT2D eigenvalue weighted by Crippen LogP contribution is 2.35. The van der Waals surface area contributed by atoms with Crippen molar-refractivity contribution >= 4 is 9.84 Å². The molecule has 0 radical (unpaired) electrons. The highest BCUT2D eigenvalue weighted by atomic mass is 32.2. The Hall–Kier alpha value is -1.85. The minimum Gasteiger partial charge on any atom is -0.469 e. The van der Waals surface area contributed by atoms with Gasteiger partial charge in [0.15, 0.2) is 0 Å². The summed E-state index contributed by atoms with van der Waals surface area (Å²) in [5.74, 6) is 0.611. The van der Waals surface area contributed by atoms with Crippen LogP contribution < -0.4 is 0 Å². The lowest BCUT2D eigenvalue weighted by molar-refractivity contribution is 0.193. The number of allylic oxidation sites excluding steroid dienone is 1. The van der Waals surface area contributed by atoms with Gasteiger partial charge < -0.3 is 9.52 Å². The molecule has 0 amide bonds. The quantitative estimate of drug-likeness (QED) is 0.946. The Labute approximate surface area is 123 Å². The van der Waals surface area contributed by atoms with Crippen molar-refractivity contribution in [3.05, 3.63) is 65.5 Å². The Kier molecular flexibility index (Phi) is 3.69. The second-order valence-electron chi connectivity index (χ2n) is 5.10. The molecule has 0 saturated heterocycles. The molecule has 4 nitrogen and oxygen atoms in total. The summed E-state index contributed by atoms with van der Waals surface area (Å²) in [6.07, 6.45) is 3.31. The normalized spacial score (nSPS) is 22.8. The Morgan fingerprint density at radius 2 is 1.81 bits per heavy atom. The molecule has 0 aliphatic heterocycles. The first-order valence-electron chi connectivity index (χ1n) is 6.82. The van der Waals surface area contributed by atoms with Crippen LogP contribution in [-0.2, 0) is 9.84 Å². The third-order valence-electron chi connectivity index (χ3n) is 3.72. The van der Waals surface area contributed by atoms with Crippen LogP contribution in [0.2, 0.25) is 0 Å². The number of aliphatic hydroxyl groups is 1. The monoisotopic (exact) mass is 304 g/mol. The van der Waals surface area contributed by atoms with Crippen molar-refractivity contribution < 1.29 is 17.9 Å². The van der Waals surface area contributed by atoms with Crippen molar-refractivity contribution in [1.82, 2.24) is 0 Å². The van der Waals surface area contributed by atoms with Crippen molar-refractivity contribution in [2.45, 2.75) is 29.8 Å². The second-order valence-corrected chi connectivity index (χ2v) is 7.05. The summed E-state index contributed by atoms with van der Waals surface area (Å²) >= 11 is 0. The summed E-state index contributed by atoms with van der Waals surface area (Å²) in [7, 11) is -3.67. The number of hydrogen-bond acceptors (Lipinski definition) is 4. The summed E-state index contributed by atoms with van der Waals surface area (Å²) in [5, 5.41) is 10.1. The molecule has 0 bridgehead atoms. The van der Waals surface area contributed by atoms with Gasteiger partial charge in [-0.3, -0.25) is 0 Å². The van der Waals surface area contributed by atoms with E-state index < -0.39 is 15.9 Å². The van der Waals surface area contributed by atoms with Gasteiger partial charge in [0.2, 0.25) is 9.84 Å². The molecule has 0 unspecified atom stereocenters. The fourth-order valence-electron chi connectivity index (χ4n) is 2.60. The smallest absolute Gasteiger partial charge is 0.205 e. The SMILES string of the molecule is O=S(=O)(C1=C[C@H](c2ccco2)CC[C@@H]1O)c1ccccc1. The summed E-state index contributed by atoms with van der Waals surface area (Å²) in [6.45, 7) is 0. The van der Waals surface area contributed by atoms with Crippen LogP contribution in [0.25, 0.3) is 0 Å². The summed E-state index contributed by atoms with van der Waals surface area (Å²) in [4.78, 5) is 0.275. The molecule has 2 aromatic rings. The standard InChI is InChI=1S/C16H16O4S/c17-14-9-8-12(15-7-4-10-20-15)11-16(14)21(18,19)13-5-2-1-3-6-13/h1-7,10-12,14,17H,8-9H2/t12-,14+/m1/s1. The molecule has 3 rings (SSSR count). The first-order chi connectivity index (χ1) is 10.1. The first kappa shape index (κ1) is 14.1. The van der Waals surface area contributed by atoms with Crippen LogP contribution in [0.1, 0.15) is 24.5 Å². The van der Waals surface area contributed by atoms with Crippen LogP contribution >= 0.6 is 0 Å². The van der Waals surface area contributed by atoms with Crippen LogP contribution in [0.3, 0.4) is 0 Å². The van der Waals surface area contributed by atoms with E-state index in [-0.39, 0.29) is 15.7 Å². The van der Waals surface area contributed by atoms with Crippen molar-refractivity contribution in [1.29, 1.82) is 0 Å². The minimum absolute atomic E-state index is 0.0707.